The first-order valence-corrected chi connectivity index (χ1v) is 5.83. The summed E-state index contributed by atoms with van der Waals surface area (Å²) in [6.07, 6.45) is 5.68. The first-order chi connectivity index (χ1) is 6.77. The normalized spacial score (nSPS) is 16.1. The van der Waals surface area contributed by atoms with E-state index in [0.29, 0.717) is 6.04 Å². The molecule has 0 unspecified atom stereocenters. The Morgan fingerprint density at radius 3 is 2.21 bits per heavy atom. The minimum atomic E-state index is 0.137. The van der Waals surface area contributed by atoms with Gasteiger partial charge in [-0.1, -0.05) is 13.8 Å². The number of hydrogen-bond acceptors (Lipinski definition) is 1. The summed E-state index contributed by atoms with van der Waals surface area (Å²) in [5.74, 6) is 0. The fourth-order valence-electron chi connectivity index (χ4n) is 1.67. The Hall–Kier alpha value is -0.730. The van der Waals surface area contributed by atoms with E-state index in [1.54, 1.807) is 0 Å². The van der Waals surface area contributed by atoms with Crippen LogP contribution in [0.25, 0.3) is 0 Å². The first-order valence-electron chi connectivity index (χ1n) is 5.83. The molecular weight excluding hydrogens is 176 g/mol. The average molecular weight is 198 g/mol. The van der Waals surface area contributed by atoms with Crippen LogP contribution in [0.3, 0.4) is 0 Å². The van der Waals surface area contributed by atoms with E-state index in [-0.39, 0.29) is 6.03 Å². The Kier molecular flexibility index (Phi) is 4.77. The lowest BCUT2D eigenvalue weighted by atomic mass is 9.93. The predicted octanol–water partition coefficient (Wildman–Crippen LogP) is 2.37. The second-order valence-corrected chi connectivity index (χ2v) is 4.06. The van der Waals surface area contributed by atoms with Gasteiger partial charge in [0.15, 0.2) is 0 Å². The highest BCUT2D eigenvalue weighted by Crippen LogP contribution is 2.18. The maximum Gasteiger partial charge on any atom is 0.317 e. The van der Waals surface area contributed by atoms with Crippen molar-refractivity contribution < 1.29 is 4.79 Å². The van der Waals surface area contributed by atoms with Gasteiger partial charge in [-0.15, -0.1) is 0 Å². The Balaban J connectivity index is 2.28. The summed E-state index contributed by atoms with van der Waals surface area (Å²) in [6, 6.07) is 0.595. The zero-order chi connectivity index (χ0) is 10.4. The number of amides is 2. The molecule has 0 aromatic heterocycles. The second kappa shape index (κ2) is 5.89. The molecule has 0 spiro atoms. The quantitative estimate of drug-likeness (QED) is 0.722. The maximum atomic E-state index is 11.7. The molecule has 3 heteroatoms. The Bertz CT molecular complexity index is 172. The van der Waals surface area contributed by atoms with Crippen molar-refractivity contribution >= 4 is 6.03 Å². The summed E-state index contributed by atoms with van der Waals surface area (Å²) in [5, 5.41) is 3.07. The molecule has 3 nitrogen and oxygen atoms in total. The summed E-state index contributed by atoms with van der Waals surface area (Å²) < 4.78 is 0. The van der Waals surface area contributed by atoms with Crippen LogP contribution in [-0.2, 0) is 0 Å². The molecule has 0 atom stereocenters. The van der Waals surface area contributed by atoms with Gasteiger partial charge in [0, 0.05) is 19.1 Å². The van der Waals surface area contributed by atoms with Crippen LogP contribution in [0.5, 0.6) is 0 Å². The van der Waals surface area contributed by atoms with Gasteiger partial charge in [-0.2, -0.15) is 0 Å². The summed E-state index contributed by atoms with van der Waals surface area (Å²) in [5.41, 5.74) is 0. The fraction of sp³-hybridized carbons (Fsp3) is 0.909. The number of nitrogens with zero attached hydrogens (tertiary/aromatic N) is 1. The van der Waals surface area contributed by atoms with Crippen LogP contribution >= 0.6 is 0 Å². The van der Waals surface area contributed by atoms with Crippen molar-refractivity contribution in [2.75, 3.05) is 13.1 Å². The van der Waals surface area contributed by atoms with Crippen LogP contribution in [0.2, 0.25) is 0 Å². The Morgan fingerprint density at radius 1 is 1.29 bits per heavy atom. The molecule has 1 fully saturated rings. The van der Waals surface area contributed by atoms with Crippen LogP contribution in [0.4, 0.5) is 4.79 Å². The predicted molar refractivity (Wildman–Crippen MR) is 58.3 cm³/mol. The Labute approximate surface area is 86.9 Å². The lowest BCUT2D eigenvalue weighted by Crippen LogP contribution is -2.47. The molecule has 14 heavy (non-hydrogen) atoms. The van der Waals surface area contributed by atoms with Crippen molar-refractivity contribution in [3.05, 3.63) is 0 Å². The van der Waals surface area contributed by atoms with Crippen molar-refractivity contribution in [1.82, 2.24) is 10.2 Å². The topological polar surface area (TPSA) is 32.3 Å². The zero-order valence-electron chi connectivity index (χ0n) is 9.38. The molecule has 1 saturated carbocycles. The molecule has 1 aliphatic carbocycles. The van der Waals surface area contributed by atoms with E-state index < -0.39 is 0 Å². The lowest BCUT2D eigenvalue weighted by molar-refractivity contribution is 0.186. The van der Waals surface area contributed by atoms with Gasteiger partial charge in [-0.05, 0) is 32.1 Å². The highest BCUT2D eigenvalue weighted by Gasteiger charge is 2.21. The van der Waals surface area contributed by atoms with Gasteiger partial charge < -0.3 is 10.2 Å². The monoisotopic (exact) mass is 198 g/mol. The summed E-state index contributed by atoms with van der Waals surface area (Å²) in [7, 11) is 0. The van der Waals surface area contributed by atoms with Crippen molar-refractivity contribution in [2.24, 2.45) is 0 Å². The molecule has 1 aliphatic rings. The number of nitrogens with one attached hydrogen (secondary N) is 1. The molecule has 82 valence electrons. The van der Waals surface area contributed by atoms with Gasteiger partial charge in [0.05, 0.1) is 0 Å². The molecule has 0 aliphatic heterocycles. The molecule has 0 aromatic carbocycles. The number of hydrogen-bond donors (Lipinski definition) is 1. The van der Waals surface area contributed by atoms with Crippen LogP contribution in [0.1, 0.15) is 46.0 Å². The van der Waals surface area contributed by atoms with E-state index in [1.807, 2.05) is 4.90 Å². The van der Waals surface area contributed by atoms with E-state index in [1.165, 1.54) is 6.42 Å². The molecule has 0 aromatic rings. The van der Waals surface area contributed by atoms with Gasteiger partial charge in [-0.25, -0.2) is 4.79 Å². The molecule has 0 heterocycles. The van der Waals surface area contributed by atoms with E-state index in [4.69, 9.17) is 0 Å². The number of carbonyl (C=O) groups excluding carboxylic acids is 1. The standard InChI is InChI=1S/C11H22N2O/c1-3-8-13(9-4-2)11(14)12-10-6-5-7-10/h10H,3-9H2,1-2H3,(H,12,14). The third-order valence-electron chi connectivity index (χ3n) is 2.71. The van der Waals surface area contributed by atoms with Gasteiger partial charge >= 0.3 is 6.03 Å². The molecule has 1 N–H and O–H groups in total. The summed E-state index contributed by atoms with van der Waals surface area (Å²) >= 11 is 0. The van der Waals surface area contributed by atoms with E-state index in [0.717, 1.165) is 38.8 Å². The van der Waals surface area contributed by atoms with Crippen LogP contribution < -0.4 is 5.32 Å². The largest absolute Gasteiger partial charge is 0.335 e. The van der Waals surface area contributed by atoms with Crippen LogP contribution in [0, 0.1) is 0 Å². The highest BCUT2D eigenvalue weighted by molar-refractivity contribution is 5.74. The molecule has 0 bridgehead atoms. The smallest absolute Gasteiger partial charge is 0.317 e. The third kappa shape index (κ3) is 3.20. The van der Waals surface area contributed by atoms with Crippen molar-refractivity contribution in [2.45, 2.75) is 52.0 Å². The second-order valence-electron chi connectivity index (χ2n) is 4.06. The molecule has 0 radical (unpaired) electrons. The number of carbonyl (C=O) groups is 1. The summed E-state index contributed by atoms with van der Waals surface area (Å²) in [6.45, 7) is 5.98. The van der Waals surface area contributed by atoms with Gasteiger partial charge in [0.1, 0.15) is 0 Å². The molecule has 1 rings (SSSR count). The van der Waals surface area contributed by atoms with E-state index in [2.05, 4.69) is 19.2 Å². The molecular formula is C11H22N2O. The first kappa shape index (κ1) is 11.3. The SMILES string of the molecule is CCCN(CCC)C(=O)NC1CCC1. The van der Waals surface area contributed by atoms with Gasteiger partial charge in [0.2, 0.25) is 0 Å². The average Bonchev–Trinajstić information content (AvgIpc) is 2.11. The highest BCUT2D eigenvalue weighted by atomic mass is 16.2. The third-order valence-corrected chi connectivity index (χ3v) is 2.71. The summed E-state index contributed by atoms with van der Waals surface area (Å²) in [4.78, 5) is 13.7. The minimum Gasteiger partial charge on any atom is -0.335 e. The Morgan fingerprint density at radius 2 is 1.86 bits per heavy atom. The molecule has 0 saturated heterocycles. The van der Waals surface area contributed by atoms with Gasteiger partial charge in [-0.3, -0.25) is 0 Å². The van der Waals surface area contributed by atoms with E-state index >= 15 is 0 Å². The number of rotatable bonds is 5. The number of urea groups is 1. The fourth-order valence-corrected chi connectivity index (χ4v) is 1.67. The van der Waals surface area contributed by atoms with Gasteiger partial charge in [0.25, 0.3) is 0 Å². The minimum absolute atomic E-state index is 0.137. The van der Waals surface area contributed by atoms with E-state index in [9.17, 15) is 4.79 Å². The van der Waals surface area contributed by atoms with Crippen molar-refractivity contribution in [3.8, 4) is 0 Å². The maximum absolute atomic E-state index is 11.7. The van der Waals surface area contributed by atoms with Crippen LogP contribution in [-0.4, -0.2) is 30.1 Å². The lowest BCUT2D eigenvalue weighted by Gasteiger charge is -2.30. The van der Waals surface area contributed by atoms with Crippen LogP contribution in [0.15, 0.2) is 0 Å². The van der Waals surface area contributed by atoms with Crippen molar-refractivity contribution in [3.63, 3.8) is 0 Å². The van der Waals surface area contributed by atoms with Crippen molar-refractivity contribution in [1.29, 1.82) is 0 Å². The zero-order valence-corrected chi connectivity index (χ0v) is 9.38. The molecule has 2 amide bonds.